The zero-order valence-corrected chi connectivity index (χ0v) is 20.4. The average molecular weight is 498 g/mol. The quantitative estimate of drug-likeness (QED) is 0.505. The van der Waals surface area contributed by atoms with Gasteiger partial charge in [0.1, 0.15) is 11.0 Å². The van der Waals surface area contributed by atoms with Crippen LogP contribution in [0.5, 0.6) is 0 Å². The Kier molecular flexibility index (Phi) is 4.40. The van der Waals surface area contributed by atoms with Crippen LogP contribution in [-0.4, -0.2) is 35.1 Å². The van der Waals surface area contributed by atoms with Crippen LogP contribution in [0.4, 0.5) is 11.4 Å². The number of nitrogens with one attached hydrogen (secondary N) is 2. The minimum absolute atomic E-state index is 0.115. The second-order valence-electron chi connectivity index (χ2n) is 10.2. The summed E-state index contributed by atoms with van der Waals surface area (Å²) < 4.78 is 0. The molecular weight excluding hydrogens is 474 g/mol. The molecule has 0 unspecified atom stereocenters. The van der Waals surface area contributed by atoms with E-state index in [4.69, 9.17) is 11.6 Å². The number of ketones is 1. The zero-order valence-electron chi connectivity index (χ0n) is 19.7. The predicted octanol–water partition coefficient (Wildman–Crippen LogP) is 4.66. The molecule has 2 N–H and O–H groups in total. The molecule has 3 aromatic rings. The molecule has 4 aliphatic heterocycles. The van der Waals surface area contributed by atoms with Crippen LogP contribution in [0, 0.1) is 12.8 Å². The Labute approximate surface area is 213 Å². The maximum absolute atomic E-state index is 14.4. The molecule has 36 heavy (non-hydrogen) atoms. The van der Waals surface area contributed by atoms with E-state index in [9.17, 15) is 14.4 Å². The second kappa shape index (κ2) is 7.28. The Bertz CT molecular complexity index is 1490. The fourth-order valence-electron chi connectivity index (χ4n) is 7.59. The van der Waals surface area contributed by atoms with E-state index in [0.29, 0.717) is 39.6 Å². The smallest absolute Gasteiger partial charge is 0.251 e. The molecule has 6 nitrogen and oxygen atoms in total. The highest BCUT2D eigenvalue weighted by Gasteiger charge is 2.81. The van der Waals surface area contributed by atoms with Gasteiger partial charge in [-0.25, -0.2) is 0 Å². The van der Waals surface area contributed by atoms with Gasteiger partial charge in [0.2, 0.25) is 5.91 Å². The number of fused-ring (bicyclic) bond motifs is 7. The number of Topliss-reactive ketones (excluding diaryl/α,β-unsaturated/α-hetero) is 1. The Morgan fingerprint density at radius 2 is 1.72 bits per heavy atom. The lowest BCUT2D eigenvalue weighted by molar-refractivity contribution is -0.137. The molecule has 4 aliphatic rings. The van der Waals surface area contributed by atoms with Crippen molar-refractivity contribution in [2.75, 3.05) is 17.2 Å². The lowest BCUT2D eigenvalue weighted by Gasteiger charge is -2.43. The van der Waals surface area contributed by atoms with Gasteiger partial charge in [-0.2, -0.15) is 0 Å². The van der Waals surface area contributed by atoms with Crippen LogP contribution in [0.1, 0.15) is 39.9 Å². The summed E-state index contributed by atoms with van der Waals surface area (Å²) in [6.45, 7) is 2.52. The third-order valence-electron chi connectivity index (χ3n) is 8.71. The Balaban J connectivity index is 1.62. The molecule has 0 aliphatic carbocycles. The number of amides is 2. The van der Waals surface area contributed by atoms with Crippen LogP contribution in [0.15, 0.2) is 66.7 Å². The summed E-state index contributed by atoms with van der Waals surface area (Å²) in [6, 6.07) is 20.0. The fraction of sp³-hybridized carbons (Fsp3) is 0.276. The molecule has 0 saturated carbocycles. The van der Waals surface area contributed by atoms with Gasteiger partial charge in [-0.1, -0.05) is 60.1 Å². The molecule has 7 heteroatoms. The monoisotopic (exact) mass is 497 g/mol. The lowest BCUT2D eigenvalue weighted by atomic mass is 9.57. The molecule has 0 bridgehead atoms. The van der Waals surface area contributed by atoms with Gasteiger partial charge in [-0.05, 0) is 55.6 Å². The van der Waals surface area contributed by atoms with Gasteiger partial charge >= 0.3 is 0 Å². The molecule has 4 atom stereocenters. The standard InChI is InChI=1S/C29H24ClN3O3/c1-16-14-18(30)15-20-24(16)32-27(36)29(20)28(19-10-5-6-11-21(19)31-26(28)35)23(22-12-7-13-33(22)29)25(34)17-8-3-2-4-9-17/h2-6,8-11,14-15,22-23H,7,12-13H2,1H3,(H,31,35)(H,32,36)/t22-,23-,28+,29+/m0/s1. The van der Waals surface area contributed by atoms with Gasteiger partial charge in [0.25, 0.3) is 5.91 Å². The number of aryl methyl sites for hydroxylation is 1. The highest BCUT2D eigenvalue weighted by atomic mass is 35.5. The van der Waals surface area contributed by atoms with Crippen molar-refractivity contribution in [1.82, 2.24) is 4.90 Å². The first-order chi connectivity index (χ1) is 17.4. The molecule has 4 heterocycles. The topological polar surface area (TPSA) is 78.5 Å². The number of carbonyl (C=O) groups excluding carboxylic acids is 3. The third-order valence-corrected chi connectivity index (χ3v) is 8.93. The third kappa shape index (κ3) is 2.34. The number of rotatable bonds is 2. The first-order valence-electron chi connectivity index (χ1n) is 12.3. The molecule has 0 aromatic heterocycles. The summed E-state index contributed by atoms with van der Waals surface area (Å²) in [7, 11) is 0. The number of nitrogens with zero attached hydrogens (tertiary/aromatic N) is 1. The summed E-state index contributed by atoms with van der Waals surface area (Å²) in [5.41, 5.74) is 1.23. The van der Waals surface area contributed by atoms with Gasteiger partial charge in [-0.15, -0.1) is 0 Å². The summed E-state index contributed by atoms with van der Waals surface area (Å²) in [5, 5.41) is 6.66. The maximum atomic E-state index is 14.4. The number of anilines is 2. The van der Waals surface area contributed by atoms with Crippen molar-refractivity contribution in [3.8, 4) is 0 Å². The Morgan fingerprint density at radius 3 is 2.53 bits per heavy atom. The number of hydrogen-bond donors (Lipinski definition) is 2. The first kappa shape index (κ1) is 21.8. The van der Waals surface area contributed by atoms with Gasteiger partial charge in [-0.3, -0.25) is 19.3 Å². The van der Waals surface area contributed by atoms with Crippen molar-refractivity contribution >= 4 is 40.6 Å². The van der Waals surface area contributed by atoms with Crippen LogP contribution in [0.3, 0.4) is 0 Å². The molecule has 7 rings (SSSR count). The summed E-state index contributed by atoms with van der Waals surface area (Å²) >= 11 is 6.58. The summed E-state index contributed by atoms with van der Waals surface area (Å²) in [5.74, 6) is -1.45. The van der Waals surface area contributed by atoms with Crippen molar-refractivity contribution in [2.45, 2.75) is 36.8 Å². The fourth-order valence-corrected chi connectivity index (χ4v) is 7.87. The molecule has 2 saturated heterocycles. The summed E-state index contributed by atoms with van der Waals surface area (Å²) in [4.78, 5) is 45.4. The number of para-hydroxylation sites is 1. The van der Waals surface area contributed by atoms with Crippen LogP contribution < -0.4 is 10.6 Å². The maximum Gasteiger partial charge on any atom is 0.251 e. The Morgan fingerprint density at radius 1 is 0.972 bits per heavy atom. The van der Waals surface area contributed by atoms with Crippen LogP contribution in [-0.2, 0) is 20.5 Å². The number of halogens is 1. The van der Waals surface area contributed by atoms with E-state index in [0.717, 1.165) is 18.4 Å². The van der Waals surface area contributed by atoms with E-state index >= 15 is 0 Å². The van der Waals surface area contributed by atoms with Gasteiger partial charge in [0.15, 0.2) is 5.78 Å². The van der Waals surface area contributed by atoms with Gasteiger partial charge in [0.05, 0.1) is 5.92 Å². The minimum atomic E-state index is -1.45. The average Bonchev–Trinajstić information content (AvgIpc) is 3.59. The van der Waals surface area contributed by atoms with Crippen LogP contribution >= 0.6 is 11.6 Å². The first-order valence-corrected chi connectivity index (χ1v) is 12.7. The van der Waals surface area contributed by atoms with Gasteiger partial charge in [0, 0.05) is 33.6 Å². The molecule has 2 amide bonds. The number of benzene rings is 3. The Hall–Kier alpha value is -3.48. The highest BCUT2D eigenvalue weighted by molar-refractivity contribution is 6.31. The largest absolute Gasteiger partial charge is 0.325 e. The number of hydrogen-bond acceptors (Lipinski definition) is 4. The van der Waals surface area contributed by atoms with E-state index in [-0.39, 0.29) is 23.6 Å². The van der Waals surface area contributed by atoms with Crippen LogP contribution in [0.2, 0.25) is 5.02 Å². The van der Waals surface area contributed by atoms with E-state index in [1.54, 1.807) is 12.1 Å². The van der Waals surface area contributed by atoms with Crippen molar-refractivity contribution in [3.05, 3.63) is 94.0 Å². The summed E-state index contributed by atoms with van der Waals surface area (Å²) in [6.07, 6.45) is 1.57. The van der Waals surface area contributed by atoms with Crippen molar-refractivity contribution in [2.24, 2.45) is 5.92 Å². The highest BCUT2D eigenvalue weighted by Crippen LogP contribution is 2.68. The van der Waals surface area contributed by atoms with Gasteiger partial charge < -0.3 is 10.6 Å². The van der Waals surface area contributed by atoms with Crippen molar-refractivity contribution in [3.63, 3.8) is 0 Å². The lowest BCUT2D eigenvalue weighted by Crippen LogP contribution is -2.62. The van der Waals surface area contributed by atoms with Crippen molar-refractivity contribution in [1.29, 1.82) is 0 Å². The normalized spacial score (nSPS) is 29.8. The van der Waals surface area contributed by atoms with Crippen LogP contribution in [0.25, 0.3) is 0 Å². The second-order valence-corrected chi connectivity index (χ2v) is 10.7. The molecule has 0 radical (unpaired) electrons. The molecule has 2 spiro atoms. The molecule has 2 fully saturated rings. The van der Waals surface area contributed by atoms with Crippen molar-refractivity contribution < 1.29 is 14.4 Å². The van der Waals surface area contributed by atoms with E-state index in [1.807, 2.05) is 61.5 Å². The molecular formula is C29H24ClN3O3. The van der Waals surface area contributed by atoms with E-state index < -0.39 is 16.9 Å². The molecule has 3 aromatic carbocycles. The molecule has 180 valence electrons. The van der Waals surface area contributed by atoms with E-state index in [2.05, 4.69) is 15.5 Å². The zero-order chi connectivity index (χ0) is 24.8. The SMILES string of the molecule is Cc1cc(Cl)cc2c1NC(=O)[C@]21N2CCC[C@H]2[C@@H](C(=O)c2ccccc2)[C@]12C(=O)Nc1ccccc12. The number of carbonyl (C=O) groups is 3. The minimum Gasteiger partial charge on any atom is -0.325 e. The van der Waals surface area contributed by atoms with E-state index in [1.165, 1.54) is 0 Å². The predicted molar refractivity (Wildman–Crippen MR) is 137 cm³/mol.